The maximum atomic E-state index is 12.5. The number of aryl methyl sites for hydroxylation is 1. The Bertz CT molecular complexity index is 1340. The van der Waals surface area contributed by atoms with Crippen molar-refractivity contribution in [3.63, 3.8) is 0 Å². The Kier molecular flexibility index (Phi) is 11.9. The van der Waals surface area contributed by atoms with Crippen molar-refractivity contribution in [1.29, 1.82) is 0 Å². The fourth-order valence-electron chi connectivity index (χ4n) is 6.06. The first kappa shape index (κ1) is 32.9. The van der Waals surface area contributed by atoms with Crippen LogP contribution in [0, 0.1) is 0 Å². The number of para-hydroxylation sites is 1. The van der Waals surface area contributed by atoms with E-state index in [-0.39, 0.29) is 12.1 Å². The van der Waals surface area contributed by atoms with Crippen LogP contribution >= 0.6 is 0 Å². The van der Waals surface area contributed by atoms with Crippen LogP contribution in [0.2, 0.25) is 0 Å². The summed E-state index contributed by atoms with van der Waals surface area (Å²) < 4.78 is 11.1. The molecule has 2 fully saturated rings. The van der Waals surface area contributed by atoms with Crippen molar-refractivity contribution in [3.8, 4) is 0 Å². The fourth-order valence-corrected chi connectivity index (χ4v) is 6.06. The highest BCUT2D eigenvalue weighted by Crippen LogP contribution is 2.25. The van der Waals surface area contributed by atoms with Gasteiger partial charge in [0.2, 0.25) is 5.95 Å². The minimum Gasteiger partial charge on any atom is -0.444 e. The molecule has 45 heavy (non-hydrogen) atoms. The Morgan fingerprint density at radius 1 is 0.978 bits per heavy atom. The van der Waals surface area contributed by atoms with Crippen LogP contribution in [0.5, 0.6) is 0 Å². The zero-order valence-corrected chi connectivity index (χ0v) is 27.4. The first-order valence-corrected chi connectivity index (χ1v) is 17.0. The fraction of sp³-hybridized carbons (Fsp3) is 0.647. The summed E-state index contributed by atoms with van der Waals surface area (Å²) in [5, 5.41) is 19.4. The maximum absolute atomic E-state index is 12.5. The number of anilines is 2. The number of piperidine rings is 1. The number of carbonyl (C=O) groups is 1. The SMILES string of the molecule is CC(C)(C)OC(=O)N1CCC(Nc2nc(NCc3cc(CCCNCCCNC4CCCCC4)on3)nc3ccccc23)CC1. The molecule has 4 N–H and O–H groups in total. The maximum Gasteiger partial charge on any atom is 0.410 e. The number of ether oxygens (including phenoxy) is 1. The Balaban J connectivity index is 1.04. The van der Waals surface area contributed by atoms with Crippen molar-refractivity contribution in [2.24, 2.45) is 0 Å². The van der Waals surface area contributed by atoms with E-state index in [1.54, 1.807) is 4.90 Å². The van der Waals surface area contributed by atoms with E-state index in [9.17, 15) is 4.79 Å². The molecule has 246 valence electrons. The zero-order valence-electron chi connectivity index (χ0n) is 27.4. The van der Waals surface area contributed by atoms with E-state index in [1.165, 1.54) is 32.1 Å². The highest BCUT2D eigenvalue weighted by molar-refractivity contribution is 5.90. The summed E-state index contributed by atoms with van der Waals surface area (Å²) >= 11 is 0. The lowest BCUT2D eigenvalue weighted by Crippen LogP contribution is -2.44. The van der Waals surface area contributed by atoms with Gasteiger partial charge in [-0.2, -0.15) is 4.98 Å². The Hall–Kier alpha value is -3.44. The molecule has 1 saturated carbocycles. The number of rotatable bonds is 14. The third-order valence-electron chi connectivity index (χ3n) is 8.47. The zero-order chi connectivity index (χ0) is 31.5. The molecular weight excluding hydrogens is 568 g/mol. The molecule has 1 amide bonds. The van der Waals surface area contributed by atoms with Crippen LogP contribution in [-0.2, 0) is 17.7 Å². The molecular formula is C34H52N8O3. The van der Waals surface area contributed by atoms with Gasteiger partial charge in [0, 0.05) is 43.0 Å². The van der Waals surface area contributed by atoms with Crippen LogP contribution in [0.1, 0.15) is 90.0 Å². The van der Waals surface area contributed by atoms with Gasteiger partial charge in [0.15, 0.2) is 0 Å². The number of amides is 1. The summed E-state index contributed by atoms with van der Waals surface area (Å²) in [4.78, 5) is 23.8. The van der Waals surface area contributed by atoms with Gasteiger partial charge < -0.3 is 35.4 Å². The number of fused-ring (bicyclic) bond motifs is 1. The number of hydrogen-bond acceptors (Lipinski definition) is 10. The highest BCUT2D eigenvalue weighted by atomic mass is 16.6. The summed E-state index contributed by atoms with van der Waals surface area (Å²) in [5.74, 6) is 2.22. The third-order valence-corrected chi connectivity index (χ3v) is 8.47. The molecule has 2 aliphatic rings. The molecule has 0 unspecified atom stereocenters. The van der Waals surface area contributed by atoms with E-state index in [2.05, 4.69) is 26.4 Å². The summed E-state index contributed by atoms with van der Waals surface area (Å²) in [7, 11) is 0. The monoisotopic (exact) mass is 620 g/mol. The Morgan fingerprint density at radius 3 is 2.56 bits per heavy atom. The smallest absolute Gasteiger partial charge is 0.410 e. The van der Waals surface area contributed by atoms with Crippen LogP contribution < -0.4 is 21.3 Å². The van der Waals surface area contributed by atoms with Gasteiger partial charge in [0.25, 0.3) is 0 Å². The molecule has 2 aromatic heterocycles. The molecule has 5 rings (SSSR count). The van der Waals surface area contributed by atoms with Crippen molar-refractivity contribution in [2.45, 2.75) is 109 Å². The lowest BCUT2D eigenvalue weighted by Gasteiger charge is -2.34. The second-order valence-electron chi connectivity index (χ2n) is 13.4. The van der Waals surface area contributed by atoms with Crippen molar-refractivity contribution >= 4 is 28.8 Å². The molecule has 1 aliphatic heterocycles. The number of carbonyl (C=O) groups excluding carboxylic acids is 1. The molecule has 11 nitrogen and oxygen atoms in total. The summed E-state index contributed by atoms with van der Waals surface area (Å²) in [5.41, 5.74) is 1.19. The molecule has 0 radical (unpaired) electrons. The number of benzene rings is 1. The van der Waals surface area contributed by atoms with Gasteiger partial charge in [-0.1, -0.05) is 36.6 Å². The molecule has 11 heteroatoms. The van der Waals surface area contributed by atoms with Crippen molar-refractivity contribution < 1.29 is 14.1 Å². The molecule has 3 aromatic rings. The molecule has 1 aromatic carbocycles. The Morgan fingerprint density at radius 2 is 1.76 bits per heavy atom. The van der Waals surface area contributed by atoms with Crippen molar-refractivity contribution in [2.75, 3.05) is 43.4 Å². The van der Waals surface area contributed by atoms with Crippen LogP contribution in [0.3, 0.4) is 0 Å². The molecule has 0 bridgehead atoms. The molecule has 1 saturated heterocycles. The van der Waals surface area contributed by atoms with Crippen molar-refractivity contribution in [1.82, 2.24) is 30.7 Å². The van der Waals surface area contributed by atoms with E-state index < -0.39 is 5.60 Å². The van der Waals surface area contributed by atoms with Gasteiger partial charge in [0.05, 0.1) is 12.1 Å². The number of likely N-dealkylation sites (tertiary alicyclic amines) is 1. The first-order valence-electron chi connectivity index (χ1n) is 17.0. The topological polar surface area (TPSA) is 129 Å². The minimum absolute atomic E-state index is 0.195. The van der Waals surface area contributed by atoms with Crippen LogP contribution in [0.4, 0.5) is 16.6 Å². The Labute approximate surface area is 267 Å². The second-order valence-corrected chi connectivity index (χ2v) is 13.4. The lowest BCUT2D eigenvalue weighted by molar-refractivity contribution is 0.0210. The number of aromatic nitrogens is 3. The van der Waals surface area contributed by atoms with Gasteiger partial charge >= 0.3 is 6.09 Å². The van der Waals surface area contributed by atoms with Gasteiger partial charge in [-0.15, -0.1) is 0 Å². The average Bonchev–Trinajstić information content (AvgIpc) is 3.49. The third kappa shape index (κ3) is 10.6. The van der Waals surface area contributed by atoms with Crippen LogP contribution in [0.25, 0.3) is 10.9 Å². The molecule has 0 atom stereocenters. The predicted molar refractivity (Wildman–Crippen MR) is 179 cm³/mol. The summed E-state index contributed by atoms with van der Waals surface area (Å²) in [6, 6.07) is 11.0. The van der Waals surface area contributed by atoms with Gasteiger partial charge in [-0.3, -0.25) is 0 Å². The molecule has 1 aliphatic carbocycles. The first-order chi connectivity index (χ1) is 21.8. The predicted octanol–water partition coefficient (Wildman–Crippen LogP) is 5.88. The summed E-state index contributed by atoms with van der Waals surface area (Å²) in [6.45, 7) is 10.5. The van der Waals surface area contributed by atoms with E-state index in [0.29, 0.717) is 25.6 Å². The second kappa shape index (κ2) is 16.2. The largest absolute Gasteiger partial charge is 0.444 e. The lowest BCUT2D eigenvalue weighted by atomic mass is 9.95. The number of nitrogens with one attached hydrogen (secondary N) is 4. The standard InChI is InChI=1S/C34H52N8O3/c1-34(2,3)44-33(43)42-21-16-26(17-22-42)38-31-29-14-7-8-15-30(29)39-32(40-31)37-24-27-23-28(45-41-27)13-9-18-35-19-10-20-36-25-11-5-4-6-12-25/h7-8,14-15,23,25-26,35-36H,4-6,9-13,16-22,24H2,1-3H3,(H2,37,38,39,40). The van der Waals surface area contributed by atoms with Gasteiger partial charge in [0.1, 0.15) is 22.9 Å². The van der Waals surface area contributed by atoms with E-state index >= 15 is 0 Å². The number of nitrogens with zero attached hydrogens (tertiary/aromatic N) is 4. The summed E-state index contributed by atoms with van der Waals surface area (Å²) in [6.07, 6.45) is 11.3. The molecule has 3 heterocycles. The average molecular weight is 621 g/mol. The number of hydrogen-bond donors (Lipinski definition) is 4. The van der Waals surface area contributed by atoms with E-state index in [0.717, 1.165) is 86.0 Å². The van der Waals surface area contributed by atoms with E-state index in [4.69, 9.17) is 19.2 Å². The normalized spacial score (nSPS) is 16.6. The van der Waals surface area contributed by atoms with Crippen LogP contribution in [0.15, 0.2) is 34.9 Å². The quantitative estimate of drug-likeness (QED) is 0.162. The molecule has 0 spiro atoms. The van der Waals surface area contributed by atoms with Gasteiger partial charge in [-0.05, 0) is 91.1 Å². The van der Waals surface area contributed by atoms with E-state index in [1.807, 2.05) is 51.1 Å². The van der Waals surface area contributed by atoms with Crippen molar-refractivity contribution in [3.05, 3.63) is 41.8 Å². The minimum atomic E-state index is -0.494. The van der Waals surface area contributed by atoms with Gasteiger partial charge in [-0.25, -0.2) is 9.78 Å². The van der Waals surface area contributed by atoms with Crippen LogP contribution in [-0.4, -0.2) is 76.5 Å². The highest BCUT2D eigenvalue weighted by Gasteiger charge is 2.27.